The summed E-state index contributed by atoms with van der Waals surface area (Å²) in [4.78, 5) is 23.7. The van der Waals surface area contributed by atoms with E-state index in [2.05, 4.69) is 4.72 Å². The highest BCUT2D eigenvalue weighted by atomic mass is 35.5. The molecule has 1 heterocycles. The Morgan fingerprint density at radius 1 is 1.14 bits per heavy atom. The van der Waals surface area contributed by atoms with E-state index in [1.54, 1.807) is 44.3 Å². The van der Waals surface area contributed by atoms with E-state index in [0.29, 0.717) is 11.4 Å². The maximum absolute atomic E-state index is 12.9. The van der Waals surface area contributed by atoms with Crippen LogP contribution in [0.1, 0.15) is 16.1 Å². The van der Waals surface area contributed by atoms with Gasteiger partial charge in [0.1, 0.15) is 5.69 Å². The summed E-state index contributed by atoms with van der Waals surface area (Å²) in [5.74, 6) is -1.32. The third kappa shape index (κ3) is 3.54. The molecule has 0 radical (unpaired) electrons. The van der Waals surface area contributed by atoms with Crippen molar-refractivity contribution < 1.29 is 18.3 Å². The highest BCUT2D eigenvalue weighted by Crippen LogP contribution is 2.23. The summed E-state index contributed by atoms with van der Waals surface area (Å²) in [5, 5.41) is 9.06. The van der Waals surface area contributed by atoms with Gasteiger partial charge in [0.15, 0.2) is 0 Å². The van der Waals surface area contributed by atoms with Crippen LogP contribution in [0, 0.1) is 6.92 Å². The second-order valence-electron chi connectivity index (χ2n) is 6.02. The molecule has 10 heteroatoms. The number of hydrogen-bond donors (Lipinski definition) is 2. The summed E-state index contributed by atoms with van der Waals surface area (Å²) >= 11 is 5.85. The fraction of sp³-hybridized carbons (Fsp3) is 0.111. The Morgan fingerprint density at radius 3 is 2.39 bits per heavy atom. The smallest absolute Gasteiger partial charge is 0.335 e. The van der Waals surface area contributed by atoms with Crippen molar-refractivity contribution in [1.82, 2.24) is 9.36 Å². The monoisotopic (exact) mass is 421 g/mol. The van der Waals surface area contributed by atoms with Crippen molar-refractivity contribution in [3.8, 4) is 5.69 Å². The first-order chi connectivity index (χ1) is 13.1. The quantitative estimate of drug-likeness (QED) is 0.658. The number of sulfonamides is 1. The first kappa shape index (κ1) is 19.7. The van der Waals surface area contributed by atoms with Gasteiger partial charge in [-0.1, -0.05) is 29.8 Å². The number of halogens is 1. The first-order valence-corrected chi connectivity index (χ1v) is 9.88. The topological polar surface area (TPSA) is 110 Å². The lowest BCUT2D eigenvalue weighted by atomic mass is 10.2. The predicted octanol–water partition coefficient (Wildman–Crippen LogP) is 2.64. The summed E-state index contributed by atoms with van der Waals surface area (Å²) in [7, 11) is -2.62. The van der Waals surface area contributed by atoms with E-state index in [4.69, 9.17) is 16.7 Å². The average molecular weight is 422 g/mol. The van der Waals surface area contributed by atoms with Crippen molar-refractivity contribution in [2.75, 3.05) is 4.72 Å². The number of carboxylic acid groups (broad SMARTS) is 1. The van der Waals surface area contributed by atoms with Gasteiger partial charge in [0.2, 0.25) is 0 Å². The van der Waals surface area contributed by atoms with Crippen LogP contribution in [-0.2, 0) is 17.1 Å². The van der Waals surface area contributed by atoms with Crippen molar-refractivity contribution in [2.24, 2.45) is 7.05 Å². The molecule has 0 spiro atoms. The molecule has 0 aliphatic heterocycles. The number of carboxylic acids is 1. The number of anilines is 1. The van der Waals surface area contributed by atoms with E-state index in [1.807, 2.05) is 0 Å². The zero-order valence-electron chi connectivity index (χ0n) is 14.9. The van der Waals surface area contributed by atoms with Crippen molar-refractivity contribution in [2.45, 2.75) is 11.8 Å². The van der Waals surface area contributed by atoms with Crippen LogP contribution in [0.25, 0.3) is 5.69 Å². The maximum atomic E-state index is 12.9. The van der Waals surface area contributed by atoms with Gasteiger partial charge in [0.05, 0.1) is 21.8 Å². The zero-order chi connectivity index (χ0) is 20.6. The zero-order valence-corrected chi connectivity index (χ0v) is 16.5. The molecule has 3 aromatic rings. The number of rotatable bonds is 5. The molecule has 2 aromatic carbocycles. The average Bonchev–Trinajstić information content (AvgIpc) is 2.85. The van der Waals surface area contributed by atoms with Gasteiger partial charge in [-0.2, -0.15) is 0 Å². The van der Waals surface area contributed by atoms with E-state index >= 15 is 0 Å². The fourth-order valence-corrected chi connectivity index (χ4v) is 4.21. The lowest BCUT2D eigenvalue weighted by Gasteiger charge is -2.08. The SMILES string of the molecule is Cc1c(NS(=O)(=O)c2cc(Cl)cc(C(=O)O)c2)c(=O)n(-c2ccccc2)n1C. The Balaban J connectivity index is 2.10. The number of nitrogens with one attached hydrogen (secondary N) is 1. The second-order valence-corrected chi connectivity index (χ2v) is 8.14. The van der Waals surface area contributed by atoms with Gasteiger partial charge in [-0.05, 0) is 37.3 Å². The lowest BCUT2D eigenvalue weighted by Crippen LogP contribution is -2.23. The molecule has 2 N–H and O–H groups in total. The Labute approximate surface area is 165 Å². The van der Waals surface area contributed by atoms with Gasteiger partial charge in [-0.25, -0.2) is 17.9 Å². The van der Waals surface area contributed by atoms with E-state index in [9.17, 15) is 18.0 Å². The summed E-state index contributed by atoms with van der Waals surface area (Å²) in [6, 6.07) is 12.0. The molecule has 0 amide bonds. The molecule has 0 aliphatic carbocycles. The third-order valence-corrected chi connectivity index (χ3v) is 5.77. The molecule has 146 valence electrons. The molecular formula is C18H16ClN3O5S. The highest BCUT2D eigenvalue weighted by Gasteiger charge is 2.23. The molecule has 3 rings (SSSR count). The van der Waals surface area contributed by atoms with Gasteiger partial charge < -0.3 is 5.11 Å². The van der Waals surface area contributed by atoms with Crippen LogP contribution in [0.15, 0.2) is 58.2 Å². The Morgan fingerprint density at radius 2 is 1.79 bits per heavy atom. The summed E-state index contributed by atoms with van der Waals surface area (Å²) in [6.07, 6.45) is 0. The molecule has 0 bridgehead atoms. The van der Waals surface area contributed by atoms with Gasteiger partial charge in [-0.15, -0.1) is 0 Å². The molecule has 0 saturated heterocycles. The Bertz CT molecular complexity index is 1230. The van der Waals surface area contributed by atoms with Crippen molar-refractivity contribution in [3.05, 3.63) is 75.2 Å². The number of hydrogen-bond acceptors (Lipinski definition) is 4. The number of para-hydroxylation sites is 1. The summed E-state index contributed by atoms with van der Waals surface area (Å²) in [5.41, 5.74) is -0.0183. The summed E-state index contributed by atoms with van der Waals surface area (Å²) < 4.78 is 30.7. The largest absolute Gasteiger partial charge is 0.478 e. The molecule has 8 nitrogen and oxygen atoms in total. The van der Waals surface area contributed by atoms with Crippen LogP contribution in [0.3, 0.4) is 0 Å². The third-order valence-electron chi connectivity index (χ3n) is 4.22. The van der Waals surface area contributed by atoms with Crippen molar-refractivity contribution in [1.29, 1.82) is 0 Å². The highest BCUT2D eigenvalue weighted by molar-refractivity contribution is 7.92. The van der Waals surface area contributed by atoms with E-state index in [0.717, 1.165) is 18.2 Å². The van der Waals surface area contributed by atoms with Gasteiger partial charge in [0.25, 0.3) is 15.6 Å². The molecule has 0 unspecified atom stereocenters. The van der Waals surface area contributed by atoms with Crippen LogP contribution < -0.4 is 10.3 Å². The molecular weight excluding hydrogens is 406 g/mol. The minimum atomic E-state index is -4.25. The number of aromatic nitrogens is 2. The summed E-state index contributed by atoms with van der Waals surface area (Å²) in [6.45, 7) is 1.60. The fourth-order valence-electron chi connectivity index (χ4n) is 2.72. The lowest BCUT2D eigenvalue weighted by molar-refractivity contribution is 0.0696. The minimum Gasteiger partial charge on any atom is -0.478 e. The van der Waals surface area contributed by atoms with Crippen LogP contribution in [0.2, 0.25) is 5.02 Å². The van der Waals surface area contributed by atoms with Crippen LogP contribution in [0.4, 0.5) is 5.69 Å². The van der Waals surface area contributed by atoms with Gasteiger partial charge in [0, 0.05) is 12.1 Å². The number of benzene rings is 2. The van der Waals surface area contributed by atoms with Crippen molar-refractivity contribution >= 4 is 33.3 Å². The molecule has 0 fully saturated rings. The number of nitrogens with zero attached hydrogens (tertiary/aromatic N) is 2. The maximum Gasteiger partial charge on any atom is 0.335 e. The second kappa shape index (κ2) is 7.17. The first-order valence-electron chi connectivity index (χ1n) is 8.02. The van der Waals surface area contributed by atoms with E-state index < -0.39 is 21.6 Å². The van der Waals surface area contributed by atoms with Crippen LogP contribution in [-0.4, -0.2) is 28.9 Å². The number of carbonyl (C=O) groups is 1. The molecule has 28 heavy (non-hydrogen) atoms. The molecule has 0 atom stereocenters. The Hall–Kier alpha value is -3.04. The standard InChI is InChI=1S/C18H16ClN3O5S/c1-11-16(17(23)22(21(11)2)14-6-4-3-5-7-14)20-28(26,27)15-9-12(18(24)25)8-13(19)10-15/h3-10,20H,1-2H3,(H,24,25). The number of aromatic carboxylic acids is 1. The van der Waals surface area contributed by atoms with E-state index in [-0.39, 0.29) is 21.2 Å². The molecule has 0 aliphatic rings. The Kier molecular flexibility index (Phi) is 5.05. The van der Waals surface area contributed by atoms with E-state index in [1.165, 1.54) is 9.36 Å². The minimum absolute atomic E-state index is 0.0493. The molecule has 1 aromatic heterocycles. The van der Waals surface area contributed by atoms with Crippen molar-refractivity contribution in [3.63, 3.8) is 0 Å². The normalized spacial score (nSPS) is 11.4. The van der Waals surface area contributed by atoms with Crippen LogP contribution >= 0.6 is 11.6 Å². The molecule has 0 saturated carbocycles. The van der Waals surface area contributed by atoms with Gasteiger partial charge >= 0.3 is 5.97 Å². The predicted molar refractivity (Wildman–Crippen MR) is 105 cm³/mol. The van der Waals surface area contributed by atoms with Crippen LogP contribution in [0.5, 0.6) is 0 Å². The van der Waals surface area contributed by atoms with Gasteiger partial charge in [-0.3, -0.25) is 14.2 Å².